The first-order valence-electron chi connectivity index (χ1n) is 7.47. The van der Waals surface area contributed by atoms with Gasteiger partial charge in [-0.05, 0) is 50.6 Å². The predicted molar refractivity (Wildman–Crippen MR) is 88.5 cm³/mol. The zero-order chi connectivity index (χ0) is 17.7. The van der Waals surface area contributed by atoms with Crippen LogP contribution in [0.5, 0.6) is 0 Å². The van der Waals surface area contributed by atoms with E-state index in [4.69, 9.17) is 4.74 Å². The van der Waals surface area contributed by atoms with Crippen LogP contribution in [0.15, 0.2) is 42.6 Å². The second-order valence-electron chi connectivity index (χ2n) is 6.29. The number of carbonyl (C=O) groups excluding carboxylic acids is 2. The highest BCUT2D eigenvalue weighted by molar-refractivity contribution is 5.97. The first kappa shape index (κ1) is 17.6. The molecule has 0 spiro atoms. The van der Waals surface area contributed by atoms with Crippen LogP contribution in [0.4, 0.5) is 15.0 Å². The van der Waals surface area contributed by atoms with Gasteiger partial charge in [0.2, 0.25) is 0 Å². The normalized spacial score (nSPS) is 11.0. The summed E-state index contributed by atoms with van der Waals surface area (Å²) in [6.45, 7) is 5.27. The summed E-state index contributed by atoms with van der Waals surface area (Å²) in [6.07, 6.45) is 0.944. The number of halogens is 1. The highest BCUT2D eigenvalue weighted by atomic mass is 19.1. The molecule has 126 valence electrons. The second kappa shape index (κ2) is 7.21. The van der Waals surface area contributed by atoms with Gasteiger partial charge in [-0.25, -0.2) is 14.2 Å². The van der Waals surface area contributed by atoms with Crippen LogP contribution in [0.1, 0.15) is 36.7 Å². The molecule has 0 aliphatic rings. The zero-order valence-corrected chi connectivity index (χ0v) is 13.8. The quantitative estimate of drug-likeness (QED) is 0.861. The van der Waals surface area contributed by atoms with Crippen molar-refractivity contribution in [2.45, 2.75) is 32.8 Å². The van der Waals surface area contributed by atoms with Crippen molar-refractivity contribution in [1.29, 1.82) is 0 Å². The van der Waals surface area contributed by atoms with E-state index >= 15 is 0 Å². The molecule has 0 fully saturated rings. The number of benzene rings is 1. The SMILES string of the molecule is CC(C)(C)OC(=O)Nc1cc(CC(=O)c2cccc(F)c2)ccn1. The minimum absolute atomic E-state index is 0.0783. The number of nitrogens with zero attached hydrogens (tertiary/aromatic N) is 1. The van der Waals surface area contributed by atoms with Crippen molar-refractivity contribution in [3.05, 3.63) is 59.5 Å². The second-order valence-corrected chi connectivity index (χ2v) is 6.29. The number of hydrogen-bond acceptors (Lipinski definition) is 4. The van der Waals surface area contributed by atoms with Gasteiger partial charge in [0.25, 0.3) is 0 Å². The topological polar surface area (TPSA) is 68.3 Å². The number of amides is 1. The maximum atomic E-state index is 13.2. The van der Waals surface area contributed by atoms with E-state index < -0.39 is 17.5 Å². The zero-order valence-electron chi connectivity index (χ0n) is 13.8. The van der Waals surface area contributed by atoms with Crippen molar-refractivity contribution >= 4 is 17.7 Å². The van der Waals surface area contributed by atoms with E-state index in [1.54, 1.807) is 39.0 Å². The molecule has 24 heavy (non-hydrogen) atoms. The number of pyridine rings is 1. The van der Waals surface area contributed by atoms with E-state index in [9.17, 15) is 14.0 Å². The van der Waals surface area contributed by atoms with Crippen molar-refractivity contribution in [2.24, 2.45) is 0 Å². The highest BCUT2D eigenvalue weighted by Crippen LogP contribution is 2.14. The number of Topliss-reactive ketones (excluding diaryl/α,β-unsaturated/α-hetero) is 1. The Hall–Kier alpha value is -2.76. The third-order valence-corrected chi connectivity index (χ3v) is 2.96. The summed E-state index contributed by atoms with van der Waals surface area (Å²) in [4.78, 5) is 27.9. The Morgan fingerprint density at radius 3 is 2.62 bits per heavy atom. The van der Waals surface area contributed by atoms with Crippen molar-refractivity contribution in [3.63, 3.8) is 0 Å². The fourth-order valence-corrected chi connectivity index (χ4v) is 2.01. The Morgan fingerprint density at radius 1 is 1.21 bits per heavy atom. The van der Waals surface area contributed by atoms with Crippen LogP contribution in [0.2, 0.25) is 0 Å². The average Bonchev–Trinajstić information content (AvgIpc) is 2.45. The third-order valence-electron chi connectivity index (χ3n) is 2.96. The molecular formula is C18H19FN2O3. The summed E-state index contributed by atoms with van der Waals surface area (Å²) in [5.41, 5.74) is 0.341. The molecule has 5 nitrogen and oxygen atoms in total. The van der Waals surface area contributed by atoms with Gasteiger partial charge in [0.15, 0.2) is 5.78 Å². The molecule has 0 aliphatic heterocycles. The molecule has 2 rings (SSSR count). The first-order chi connectivity index (χ1) is 11.2. The van der Waals surface area contributed by atoms with E-state index in [1.165, 1.54) is 24.4 Å². The van der Waals surface area contributed by atoms with E-state index in [0.29, 0.717) is 11.1 Å². The average molecular weight is 330 g/mol. The van der Waals surface area contributed by atoms with E-state index in [1.807, 2.05) is 0 Å². The Bertz CT molecular complexity index is 754. The minimum atomic E-state index is -0.622. The van der Waals surface area contributed by atoms with Crippen LogP contribution < -0.4 is 5.32 Å². The molecule has 0 aliphatic carbocycles. The summed E-state index contributed by atoms with van der Waals surface area (Å²) in [7, 11) is 0. The van der Waals surface area contributed by atoms with Gasteiger partial charge in [-0.15, -0.1) is 0 Å². The molecule has 1 aromatic carbocycles. The number of nitrogens with one attached hydrogen (secondary N) is 1. The number of ketones is 1. The lowest BCUT2D eigenvalue weighted by Crippen LogP contribution is -2.27. The maximum absolute atomic E-state index is 13.2. The molecule has 0 saturated carbocycles. The molecule has 2 aromatic rings. The van der Waals surface area contributed by atoms with Gasteiger partial charge in [0.1, 0.15) is 17.2 Å². The van der Waals surface area contributed by atoms with Crippen LogP contribution in [-0.4, -0.2) is 22.5 Å². The number of carbonyl (C=O) groups is 2. The van der Waals surface area contributed by atoms with E-state index in [2.05, 4.69) is 10.3 Å². The molecule has 0 atom stereocenters. The molecule has 0 radical (unpaired) electrons. The first-order valence-corrected chi connectivity index (χ1v) is 7.47. The Kier molecular flexibility index (Phi) is 5.28. The number of ether oxygens (including phenoxy) is 1. The van der Waals surface area contributed by atoms with E-state index in [-0.39, 0.29) is 18.0 Å². The molecule has 0 saturated heterocycles. The van der Waals surface area contributed by atoms with Gasteiger partial charge in [0.05, 0.1) is 0 Å². The summed E-state index contributed by atoms with van der Waals surface area (Å²) < 4.78 is 18.3. The molecule has 1 amide bonds. The maximum Gasteiger partial charge on any atom is 0.413 e. The Labute approximate surface area is 139 Å². The largest absolute Gasteiger partial charge is 0.444 e. The molecule has 0 unspecified atom stereocenters. The van der Waals surface area contributed by atoms with Crippen LogP contribution in [-0.2, 0) is 11.2 Å². The number of aromatic nitrogens is 1. The van der Waals surface area contributed by atoms with Crippen molar-refractivity contribution in [3.8, 4) is 0 Å². The highest BCUT2D eigenvalue weighted by Gasteiger charge is 2.17. The van der Waals surface area contributed by atoms with Crippen molar-refractivity contribution in [2.75, 3.05) is 5.32 Å². The molecular weight excluding hydrogens is 311 g/mol. The lowest BCUT2D eigenvalue weighted by atomic mass is 10.0. The van der Waals surface area contributed by atoms with Gasteiger partial charge in [-0.3, -0.25) is 10.1 Å². The van der Waals surface area contributed by atoms with Crippen LogP contribution in [0.25, 0.3) is 0 Å². The summed E-state index contributed by atoms with van der Waals surface area (Å²) in [6, 6.07) is 8.78. The minimum Gasteiger partial charge on any atom is -0.444 e. The lowest BCUT2D eigenvalue weighted by molar-refractivity contribution is 0.0635. The molecule has 1 aromatic heterocycles. The fourth-order valence-electron chi connectivity index (χ4n) is 2.01. The van der Waals surface area contributed by atoms with Gasteiger partial charge < -0.3 is 4.74 Å². The summed E-state index contributed by atoms with van der Waals surface area (Å²) >= 11 is 0. The van der Waals surface area contributed by atoms with Crippen LogP contribution in [0.3, 0.4) is 0 Å². The van der Waals surface area contributed by atoms with Gasteiger partial charge >= 0.3 is 6.09 Å². The number of hydrogen-bond donors (Lipinski definition) is 1. The van der Waals surface area contributed by atoms with E-state index in [0.717, 1.165) is 0 Å². The van der Waals surface area contributed by atoms with Crippen molar-refractivity contribution in [1.82, 2.24) is 4.98 Å². The smallest absolute Gasteiger partial charge is 0.413 e. The summed E-state index contributed by atoms with van der Waals surface area (Å²) in [5.74, 6) is -0.388. The van der Waals surface area contributed by atoms with Gasteiger partial charge in [0, 0.05) is 18.2 Å². The van der Waals surface area contributed by atoms with Gasteiger partial charge in [-0.2, -0.15) is 0 Å². The number of rotatable bonds is 4. The monoisotopic (exact) mass is 330 g/mol. The summed E-state index contributed by atoms with van der Waals surface area (Å²) in [5, 5.41) is 2.52. The Morgan fingerprint density at radius 2 is 1.96 bits per heavy atom. The lowest BCUT2D eigenvalue weighted by Gasteiger charge is -2.19. The third kappa shape index (κ3) is 5.46. The van der Waals surface area contributed by atoms with Gasteiger partial charge in [-0.1, -0.05) is 12.1 Å². The molecule has 1 N–H and O–H groups in total. The number of anilines is 1. The fraction of sp³-hybridized carbons (Fsp3) is 0.278. The van der Waals surface area contributed by atoms with Crippen LogP contribution in [0, 0.1) is 5.82 Å². The standard InChI is InChI=1S/C18H19FN2O3/c1-18(2,3)24-17(23)21-16-10-12(7-8-20-16)9-15(22)13-5-4-6-14(19)11-13/h4-8,10-11H,9H2,1-3H3,(H,20,21,23). The molecule has 0 bridgehead atoms. The van der Waals surface area contributed by atoms with Crippen molar-refractivity contribution < 1.29 is 18.7 Å². The Balaban J connectivity index is 2.05. The molecule has 6 heteroatoms. The molecule has 1 heterocycles. The van der Waals surface area contributed by atoms with Crippen LogP contribution >= 0.6 is 0 Å². The predicted octanol–water partition coefficient (Wildman–Crippen LogP) is 3.99.